The average molecular weight is 255 g/mol. The van der Waals surface area contributed by atoms with E-state index in [0.717, 1.165) is 5.75 Å². The summed E-state index contributed by atoms with van der Waals surface area (Å²) in [7, 11) is 1.39. The predicted octanol–water partition coefficient (Wildman–Crippen LogP) is 2.54. The summed E-state index contributed by atoms with van der Waals surface area (Å²) in [6.45, 7) is 0. The molecule has 0 atom stereocenters. The Morgan fingerprint density at radius 1 is 1.53 bits per heavy atom. The summed E-state index contributed by atoms with van der Waals surface area (Å²) in [5.74, 6) is 0.912. The lowest BCUT2D eigenvalue weighted by Crippen LogP contribution is -2.04. The molecule has 0 aromatic heterocycles. The second-order valence-corrected chi connectivity index (χ2v) is 4.29. The zero-order valence-corrected chi connectivity index (χ0v) is 10.5. The molecular formula is C11H13NO4S. The maximum atomic E-state index is 11.8. The largest absolute Gasteiger partial charge is 0.496 e. The summed E-state index contributed by atoms with van der Waals surface area (Å²) >= 11 is 1.58. The van der Waals surface area contributed by atoms with Crippen LogP contribution in [0, 0.1) is 10.1 Å². The van der Waals surface area contributed by atoms with Gasteiger partial charge in [-0.05, 0) is 12.3 Å². The van der Waals surface area contributed by atoms with Crippen LogP contribution in [0.1, 0.15) is 16.8 Å². The van der Waals surface area contributed by atoms with Crippen molar-refractivity contribution in [3.8, 4) is 5.75 Å². The van der Waals surface area contributed by atoms with Crippen LogP contribution in [-0.4, -0.2) is 29.8 Å². The molecule has 0 aliphatic heterocycles. The van der Waals surface area contributed by atoms with Gasteiger partial charge >= 0.3 is 0 Å². The molecule has 1 aromatic carbocycles. The van der Waals surface area contributed by atoms with Crippen molar-refractivity contribution in [3.05, 3.63) is 33.9 Å². The van der Waals surface area contributed by atoms with Crippen molar-refractivity contribution in [2.24, 2.45) is 0 Å². The Balaban J connectivity index is 3.00. The number of ether oxygens (including phenoxy) is 1. The van der Waals surface area contributed by atoms with Crippen LogP contribution < -0.4 is 4.74 Å². The van der Waals surface area contributed by atoms with E-state index < -0.39 is 4.92 Å². The normalized spacial score (nSPS) is 10.0. The first-order valence-corrected chi connectivity index (χ1v) is 6.34. The van der Waals surface area contributed by atoms with Crippen LogP contribution in [0.15, 0.2) is 18.2 Å². The fourth-order valence-corrected chi connectivity index (χ4v) is 1.74. The van der Waals surface area contributed by atoms with Gasteiger partial charge in [0.15, 0.2) is 5.78 Å². The predicted molar refractivity (Wildman–Crippen MR) is 67.0 cm³/mol. The number of non-ortho nitro benzene ring substituents is 1. The highest BCUT2D eigenvalue weighted by Gasteiger charge is 2.16. The third-order valence-corrected chi connectivity index (χ3v) is 2.84. The average Bonchev–Trinajstić information content (AvgIpc) is 2.34. The quantitative estimate of drug-likeness (QED) is 0.444. The number of carbonyl (C=O) groups is 1. The Kier molecular flexibility index (Phi) is 4.96. The number of carbonyl (C=O) groups excluding carboxylic acids is 1. The molecule has 5 nitrogen and oxygen atoms in total. The standard InChI is InChI=1S/C11H13NO4S/c1-16-11-7-8(12(14)15)3-4-9(11)10(13)5-6-17-2/h3-4,7H,5-6H2,1-2H3. The highest BCUT2D eigenvalue weighted by atomic mass is 32.2. The molecule has 0 saturated carbocycles. The number of rotatable bonds is 6. The van der Waals surface area contributed by atoms with E-state index in [9.17, 15) is 14.9 Å². The van der Waals surface area contributed by atoms with E-state index in [1.165, 1.54) is 25.3 Å². The van der Waals surface area contributed by atoms with E-state index in [4.69, 9.17) is 4.74 Å². The summed E-state index contributed by atoms with van der Waals surface area (Å²) in [6.07, 6.45) is 2.32. The first kappa shape index (κ1) is 13.5. The molecule has 92 valence electrons. The fraction of sp³-hybridized carbons (Fsp3) is 0.364. The smallest absolute Gasteiger partial charge is 0.273 e. The minimum Gasteiger partial charge on any atom is -0.496 e. The molecule has 17 heavy (non-hydrogen) atoms. The highest BCUT2D eigenvalue weighted by Crippen LogP contribution is 2.25. The van der Waals surface area contributed by atoms with Crippen molar-refractivity contribution in [2.75, 3.05) is 19.1 Å². The van der Waals surface area contributed by atoms with Gasteiger partial charge in [0.2, 0.25) is 0 Å². The van der Waals surface area contributed by atoms with Gasteiger partial charge in [-0.2, -0.15) is 11.8 Å². The zero-order chi connectivity index (χ0) is 12.8. The molecule has 0 N–H and O–H groups in total. The number of nitrogens with zero attached hydrogens (tertiary/aromatic N) is 1. The van der Waals surface area contributed by atoms with E-state index in [1.807, 2.05) is 6.26 Å². The summed E-state index contributed by atoms with van der Waals surface area (Å²) in [5, 5.41) is 10.6. The number of Topliss-reactive ketones (excluding diaryl/α,β-unsaturated/α-hetero) is 1. The molecule has 0 bridgehead atoms. The lowest BCUT2D eigenvalue weighted by molar-refractivity contribution is -0.384. The van der Waals surface area contributed by atoms with Crippen LogP contribution in [0.2, 0.25) is 0 Å². The molecule has 0 unspecified atom stereocenters. The molecule has 1 aromatic rings. The van der Waals surface area contributed by atoms with Crippen LogP contribution in [0.25, 0.3) is 0 Å². The van der Waals surface area contributed by atoms with Gasteiger partial charge in [0, 0.05) is 18.2 Å². The van der Waals surface area contributed by atoms with Crippen LogP contribution >= 0.6 is 11.8 Å². The third kappa shape index (κ3) is 3.45. The number of hydrogen-bond acceptors (Lipinski definition) is 5. The van der Waals surface area contributed by atoms with Crippen molar-refractivity contribution in [1.29, 1.82) is 0 Å². The molecule has 0 radical (unpaired) electrons. The van der Waals surface area contributed by atoms with Crippen LogP contribution in [0.3, 0.4) is 0 Å². The van der Waals surface area contributed by atoms with E-state index in [0.29, 0.717) is 12.0 Å². The molecule has 6 heteroatoms. The van der Waals surface area contributed by atoms with Crippen LogP contribution in [0.4, 0.5) is 5.69 Å². The molecule has 0 heterocycles. The minimum absolute atomic E-state index is 0.0638. The number of ketones is 1. The Bertz CT molecular complexity index is 433. The number of nitro groups is 1. The van der Waals surface area contributed by atoms with Crippen molar-refractivity contribution in [1.82, 2.24) is 0 Å². The van der Waals surface area contributed by atoms with Gasteiger partial charge in [0.25, 0.3) is 5.69 Å². The summed E-state index contributed by atoms with van der Waals surface area (Å²) < 4.78 is 5.01. The summed E-state index contributed by atoms with van der Waals surface area (Å²) in [4.78, 5) is 21.9. The van der Waals surface area contributed by atoms with Gasteiger partial charge in [-0.25, -0.2) is 0 Å². The Hall–Kier alpha value is -1.56. The highest BCUT2D eigenvalue weighted by molar-refractivity contribution is 7.98. The third-order valence-electron chi connectivity index (χ3n) is 2.23. The molecule has 0 amide bonds. The Morgan fingerprint density at radius 3 is 2.76 bits per heavy atom. The van der Waals surface area contributed by atoms with Gasteiger partial charge in [-0.15, -0.1) is 0 Å². The zero-order valence-electron chi connectivity index (χ0n) is 9.63. The van der Waals surface area contributed by atoms with Gasteiger partial charge < -0.3 is 4.74 Å². The van der Waals surface area contributed by atoms with Crippen molar-refractivity contribution in [3.63, 3.8) is 0 Å². The molecule has 0 fully saturated rings. The minimum atomic E-state index is -0.515. The van der Waals surface area contributed by atoms with Crippen molar-refractivity contribution >= 4 is 23.2 Å². The van der Waals surface area contributed by atoms with Crippen LogP contribution in [-0.2, 0) is 0 Å². The van der Waals surface area contributed by atoms with E-state index in [1.54, 1.807) is 11.8 Å². The van der Waals surface area contributed by atoms with E-state index in [-0.39, 0.29) is 17.2 Å². The molecule has 0 aliphatic rings. The SMILES string of the molecule is COc1cc([N+](=O)[O-])ccc1C(=O)CCSC. The van der Waals surface area contributed by atoms with Gasteiger partial charge in [-0.3, -0.25) is 14.9 Å². The molecular weight excluding hydrogens is 242 g/mol. The fourth-order valence-electron chi connectivity index (χ4n) is 1.35. The molecule has 1 rings (SSSR count). The van der Waals surface area contributed by atoms with E-state index in [2.05, 4.69) is 0 Å². The Morgan fingerprint density at radius 2 is 2.24 bits per heavy atom. The maximum absolute atomic E-state index is 11.8. The lowest BCUT2D eigenvalue weighted by atomic mass is 10.1. The summed E-state index contributed by atoms with van der Waals surface area (Å²) in [5.41, 5.74) is 0.315. The van der Waals surface area contributed by atoms with Crippen molar-refractivity contribution in [2.45, 2.75) is 6.42 Å². The van der Waals surface area contributed by atoms with E-state index >= 15 is 0 Å². The summed E-state index contributed by atoms with van der Waals surface area (Å²) in [6, 6.07) is 4.03. The maximum Gasteiger partial charge on any atom is 0.273 e. The van der Waals surface area contributed by atoms with Gasteiger partial charge in [0.05, 0.1) is 23.7 Å². The van der Waals surface area contributed by atoms with Crippen molar-refractivity contribution < 1.29 is 14.5 Å². The lowest BCUT2D eigenvalue weighted by Gasteiger charge is -2.06. The molecule has 0 spiro atoms. The number of hydrogen-bond donors (Lipinski definition) is 0. The van der Waals surface area contributed by atoms with Gasteiger partial charge in [0.1, 0.15) is 5.75 Å². The second-order valence-electron chi connectivity index (χ2n) is 3.31. The first-order chi connectivity index (χ1) is 8.10. The number of thioether (sulfide) groups is 1. The molecule has 0 saturated heterocycles. The second kappa shape index (κ2) is 6.24. The topological polar surface area (TPSA) is 69.4 Å². The number of nitro benzene ring substituents is 1. The number of methoxy groups -OCH3 is 1. The monoisotopic (exact) mass is 255 g/mol. The first-order valence-electron chi connectivity index (χ1n) is 4.94. The van der Waals surface area contributed by atoms with Gasteiger partial charge in [-0.1, -0.05) is 0 Å². The molecule has 0 aliphatic carbocycles. The Labute approximate surface area is 103 Å². The van der Waals surface area contributed by atoms with Crippen LogP contribution in [0.5, 0.6) is 5.75 Å². The number of benzene rings is 1.